The van der Waals surface area contributed by atoms with Gasteiger partial charge in [-0.2, -0.15) is 0 Å². The van der Waals surface area contributed by atoms with Gasteiger partial charge in [0.15, 0.2) is 0 Å². The number of aromatic nitrogens is 2. The summed E-state index contributed by atoms with van der Waals surface area (Å²) in [5.74, 6) is 1.27. The van der Waals surface area contributed by atoms with Crippen molar-refractivity contribution in [3.63, 3.8) is 0 Å². The Bertz CT molecular complexity index is 345. The number of aromatic amines is 1. The van der Waals surface area contributed by atoms with Crippen LogP contribution in [0.4, 0.5) is 5.82 Å². The van der Waals surface area contributed by atoms with Gasteiger partial charge in [-0.3, -0.25) is 4.79 Å². The maximum Gasteiger partial charge on any atom is 0.252 e. The molecule has 0 spiro atoms. The molecule has 1 rings (SSSR count). The molecule has 0 saturated carbocycles. The molecule has 0 bridgehead atoms. The van der Waals surface area contributed by atoms with Crippen LogP contribution in [0, 0.1) is 0 Å². The zero-order valence-corrected chi connectivity index (χ0v) is 8.50. The summed E-state index contributed by atoms with van der Waals surface area (Å²) in [6, 6.07) is 1.47. The fourth-order valence-corrected chi connectivity index (χ4v) is 1.03. The van der Waals surface area contributed by atoms with Crippen LogP contribution in [0.25, 0.3) is 0 Å². The van der Waals surface area contributed by atoms with E-state index in [1.54, 1.807) is 0 Å². The Morgan fingerprint density at radius 2 is 2.43 bits per heavy atom. The van der Waals surface area contributed by atoms with Gasteiger partial charge in [0.05, 0.1) is 0 Å². The molecule has 1 atom stereocenters. The minimum atomic E-state index is -0.135. The van der Waals surface area contributed by atoms with Gasteiger partial charge in [-0.1, -0.05) is 6.92 Å². The number of H-pyrrole nitrogens is 1. The second-order valence-corrected chi connectivity index (χ2v) is 3.29. The molecule has 0 aliphatic carbocycles. The SMILES string of the molecule is CCc1nc(NCC(C)N)cc(=O)[nH]1. The monoisotopic (exact) mass is 196 g/mol. The molecule has 5 nitrogen and oxygen atoms in total. The molecule has 0 radical (unpaired) electrons. The predicted molar refractivity (Wildman–Crippen MR) is 56.4 cm³/mol. The van der Waals surface area contributed by atoms with Gasteiger partial charge in [0, 0.05) is 25.1 Å². The van der Waals surface area contributed by atoms with Crippen LogP contribution in [0.3, 0.4) is 0 Å². The van der Waals surface area contributed by atoms with E-state index in [0.29, 0.717) is 24.6 Å². The van der Waals surface area contributed by atoms with Crippen LogP contribution in [0.15, 0.2) is 10.9 Å². The van der Waals surface area contributed by atoms with E-state index in [0.717, 1.165) is 0 Å². The molecule has 1 aromatic heterocycles. The largest absolute Gasteiger partial charge is 0.368 e. The van der Waals surface area contributed by atoms with Crippen molar-refractivity contribution in [3.05, 3.63) is 22.2 Å². The minimum absolute atomic E-state index is 0.0427. The number of anilines is 1. The van der Waals surface area contributed by atoms with Crippen molar-refractivity contribution in [1.82, 2.24) is 9.97 Å². The Labute approximate surface area is 82.7 Å². The standard InChI is InChI=1S/C9H16N4O/c1-3-7-12-8(4-9(14)13-7)11-5-6(2)10/h4,6H,3,5,10H2,1-2H3,(H2,11,12,13,14). The van der Waals surface area contributed by atoms with E-state index in [1.165, 1.54) is 6.07 Å². The molecule has 0 amide bonds. The van der Waals surface area contributed by atoms with E-state index in [1.807, 2.05) is 13.8 Å². The molecule has 0 aliphatic heterocycles. The predicted octanol–water partition coefficient (Wildman–Crippen LogP) is 0.0914. The van der Waals surface area contributed by atoms with Gasteiger partial charge in [-0.05, 0) is 6.92 Å². The van der Waals surface area contributed by atoms with Crippen molar-refractivity contribution < 1.29 is 0 Å². The van der Waals surface area contributed by atoms with Crippen molar-refractivity contribution >= 4 is 5.82 Å². The van der Waals surface area contributed by atoms with Crippen LogP contribution in [-0.4, -0.2) is 22.6 Å². The van der Waals surface area contributed by atoms with Crippen LogP contribution in [0.2, 0.25) is 0 Å². The van der Waals surface area contributed by atoms with E-state index in [-0.39, 0.29) is 11.6 Å². The van der Waals surface area contributed by atoms with Crippen molar-refractivity contribution in [2.75, 3.05) is 11.9 Å². The molecule has 1 heterocycles. The Hall–Kier alpha value is -1.36. The van der Waals surface area contributed by atoms with Crippen molar-refractivity contribution in [3.8, 4) is 0 Å². The highest BCUT2D eigenvalue weighted by molar-refractivity contribution is 5.33. The number of hydrogen-bond acceptors (Lipinski definition) is 4. The summed E-state index contributed by atoms with van der Waals surface area (Å²) in [5, 5.41) is 3.00. The Morgan fingerprint density at radius 3 is 3.00 bits per heavy atom. The van der Waals surface area contributed by atoms with E-state index in [4.69, 9.17) is 5.73 Å². The van der Waals surface area contributed by atoms with Crippen LogP contribution < -0.4 is 16.6 Å². The van der Waals surface area contributed by atoms with E-state index in [2.05, 4.69) is 15.3 Å². The lowest BCUT2D eigenvalue weighted by Crippen LogP contribution is -2.26. The highest BCUT2D eigenvalue weighted by atomic mass is 16.1. The van der Waals surface area contributed by atoms with Crippen molar-refractivity contribution in [2.45, 2.75) is 26.3 Å². The normalized spacial score (nSPS) is 12.5. The van der Waals surface area contributed by atoms with Gasteiger partial charge >= 0.3 is 0 Å². The summed E-state index contributed by atoms with van der Waals surface area (Å²) in [4.78, 5) is 18.0. The molecule has 0 aromatic carbocycles. The third-order valence-corrected chi connectivity index (χ3v) is 1.73. The third-order valence-electron chi connectivity index (χ3n) is 1.73. The zero-order valence-electron chi connectivity index (χ0n) is 8.50. The van der Waals surface area contributed by atoms with Crippen LogP contribution in [-0.2, 0) is 6.42 Å². The minimum Gasteiger partial charge on any atom is -0.368 e. The topological polar surface area (TPSA) is 83.8 Å². The Kier molecular flexibility index (Phi) is 3.64. The Balaban J connectivity index is 2.76. The maximum absolute atomic E-state index is 11.1. The number of nitrogens with two attached hydrogens (primary N) is 1. The molecule has 1 unspecified atom stereocenters. The first-order valence-corrected chi connectivity index (χ1v) is 4.71. The second kappa shape index (κ2) is 4.76. The maximum atomic E-state index is 11.1. The summed E-state index contributed by atoms with van der Waals surface area (Å²) in [5.41, 5.74) is 5.44. The fourth-order valence-electron chi connectivity index (χ4n) is 1.03. The lowest BCUT2D eigenvalue weighted by Gasteiger charge is -2.08. The second-order valence-electron chi connectivity index (χ2n) is 3.29. The molecule has 0 aliphatic rings. The lowest BCUT2D eigenvalue weighted by atomic mass is 10.3. The first kappa shape index (κ1) is 10.7. The molecule has 1 aromatic rings. The molecule has 0 fully saturated rings. The van der Waals surface area contributed by atoms with Crippen LogP contribution >= 0.6 is 0 Å². The Morgan fingerprint density at radius 1 is 1.71 bits per heavy atom. The number of rotatable bonds is 4. The van der Waals surface area contributed by atoms with E-state index >= 15 is 0 Å². The molecule has 78 valence electrons. The number of nitrogens with one attached hydrogen (secondary N) is 2. The molecule has 0 saturated heterocycles. The van der Waals surface area contributed by atoms with Gasteiger partial charge in [-0.15, -0.1) is 0 Å². The average Bonchev–Trinajstić information content (AvgIpc) is 2.14. The highest BCUT2D eigenvalue weighted by Crippen LogP contribution is 1.98. The van der Waals surface area contributed by atoms with Gasteiger partial charge in [-0.25, -0.2) is 4.98 Å². The van der Waals surface area contributed by atoms with E-state index < -0.39 is 0 Å². The first-order chi connectivity index (χ1) is 6.61. The van der Waals surface area contributed by atoms with Crippen LogP contribution in [0.1, 0.15) is 19.7 Å². The summed E-state index contributed by atoms with van der Waals surface area (Å²) in [6.07, 6.45) is 0.711. The summed E-state index contributed by atoms with van der Waals surface area (Å²) >= 11 is 0. The highest BCUT2D eigenvalue weighted by Gasteiger charge is 2.00. The molecule has 4 N–H and O–H groups in total. The van der Waals surface area contributed by atoms with Crippen molar-refractivity contribution in [1.29, 1.82) is 0 Å². The van der Waals surface area contributed by atoms with Crippen LogP contribution in [0.5, 0.6) is 0 Å². The first-order valence-electron chi connectivity index (χ1n) is 4.71. The molecule has 14 heavy (non-hydrogen) atoms. The number of aryl methyl sites for hydroxylation is 1. The van der Waals surface area contributed by atoms with Gasteiger partial charge in [0.25, 0.3) is 5.56 Å². The van der Waals surface area contributed by atoms with E-state index in [9.17, 15) is 4.79 Å². The molecule has 5 heteroatoms. The summed E-state index contributed by atoms with van der Waals surface area (Å²) in [7, 11) is 0. The molecular formula is C9H16N4O. The molecular weight excluding hydrogens is 180 g/mol. The fraction of sp³-hybridized carbons (Fsp3) is 0.556. The summed E-state index contributed by atoms with van der Waals surface area (Å²) < 4.78 is 0. The van der Waals surface area contributed by atoms with Crippen molar-refractivity contribution in [2.24, 2.45) is 5.73 Å². The quantitative estimate of drug-likeness (QED) is 0.637. The number of nitrogens with zero attached hydrogens (tertiary/aromatic N) is 1. The van der Waals surface area contributed by atoms with Gasteiger partial charge < -0.3 is 16.0 Å². The average molecular weight is 196 g/mol. The van der Waals surface area contributed by atoms with Gasteiger partial charge in [0.2, 0.25) is 0 Å². The lowest BCUT2D eigenvalue weighted by molar-refractivity contribution is 0.774. The third kappa shape index (κ3) is 3.18. The summed E-state index contributed by atoms with van der Waals surface area (Å²) in [6.45, 7) is 4.44. The van der Waals surface area contributed by atoms with Gasteiger partial charge in [0.1, 0.15) is 11.6 Å². The zero-order chi connectivity index (χ0) is 10.6. The number of hydrogen-bond donors (Lipinski definition) is 3. The smallest absolute Gasteiger partial charge is 0.252 e.